The number of fused-ring (bicyclic) bond motifs is 1. The van der Waals surface area contributed by atoms with Crippen molar-refractivity contribution in [3.05, 3.63) is 83.9 Å². The van der Waals surface area contributed by atoms with Gasteiger partial charge in [0.1, 0.15) is 5.75 Å². The van der Waals surface area contributed by atoms with Gasteiger partial charge >= 0.3 is 6.03 Å². The van der Waals surface area contributed by atoms with Crippen LogP contribution >= 0.6 is 0 Å². The number of nitrogens with zero attached hydrogens (tertiary/aromatic N) is 2. The van der Waals surface area contributed by atoms with E-state index < -0.39 is 34.1 Å². The van der Waals surface area contributed by atoms with E-state index in [9.17, 15) is 23.1 Å². The Labute approximate surface area is 284 Å². The average Bonchev–Trinajstić information content (AvgIpc) is 3.06. The molecule has 0 saturated heterocycles. The quantitative estimate of drug-likeness (QED) is 0.275. The van der Waals surface area contributed by atoms with Gasteiger partial charge in [-0.15, -0.1) is 0 Å². The molecule has 0 fully saturated rings. The smallest absolute Gasteiger partial charge is 0.323 e. The molecule has 0 bridgehead atoms. The van der Waals surface area contributed by atoms with E-state index >= 15 is 0 Å². The van der Waals surface area contributed by atoms with E-state index in [1.807, 2.05) is 39.0 Å². The van der Waals surface area contributed by atoms with Gasteiger partial charge in [-0.1, -0.05) is 42.8 Å². The number of aliphatic hydroxyl groups excluding tert-OH is 1. The number of benzene rings is 3. The molecule has 3 aromatic carbocycles. The molecule has 48 heavy (non-hydrogen) atoms. The van der Waals surface area contributed by atoms with E-state index in [4.69, 9.17) is 9.47 Å². The number of likely N-dealkylation sites (N-methyl/N-ethyl adjacent to an activating group) is 1. The van der Waals surface area contributed by atoms with Gasteiger partial charge in [-0.25, -0.2) is 13.2 Å². The van der Waals surface area contributed by atoms with Crippen molar-refractivity contribution in [2.24, 2.45) is 5.92 Å². The van der Waals surface area contributed by atoms with Crippen molar-refractivity contribution in [2.75, 3.05) is 44.0 Å². The lowest BCUT2D eigenvalue weighted by Crippen LogP contribution is -2.48. The monoisotopic (exact) mass is 680 g/mol. The lowest BCUT2D eigenvalue weighted by molar-refractivity contribution is -0.00833. The molecule has 3 N–H and O–H groups in total. The first kappa shape index (κ1) is 36.9. The molecule has 0 unspecified atom stereocenters. The Kier molecular flexibility index (Phi) is 13.0. The number of para-hydroxylation sites is 1. The normalized spacial score (nSPS) is 20.3. The molecule has 1 aliphatic rings. The Morgan fingerprint density at radius 1 is 1.02 bits per heavy atom. The SMILES string of the molecule is Cc1ccc(S(=O)(=O)N(C)C[C@@H]2OCCCC[C@@H](C)Oc3ccc(NC(=O)Nc4ccccc4)cc3C(=O)N([C@@H](C)CO)C[C@@H]2C)cc1. The molecule has 1 heterocycles. The van der Waals surface area contributed by atoms with Crippen molar-refractivity contribution in [3.63, 3.8) is 0 Å². The van der Waals surface area contributed by atoms with Gasteiger partial charge in [0.05, 0.1) is 35.3 Å². The molecule has 0 saturated carbocycles. The van der Waals surface area contributed by atoms with Gasteiger partial charge in [-0.05, 0) is 82.5 Å². The van der Waals surface area contributed by atoms with Crippen LogP contribution in [0.4, 0.5) is 16.2 Å². The second-order valence-corrected chi connectivity index (χ2v) is 14.6. The van der Waals surface area contributed by atoms with Crippen molar-refractivity contribution < 1.29 is 32.6 Å². The maximum Gasteiger partial charge on any atom is 0.323 e. The van der Waals surface area contributed by atoms with Gasteiger partial charge in [0.15, 0.2) is 0 Å². The first-order valence-corrected chi connectivity index (χ1v) is 17.8. The van der Waals surface area contributed by atoms with Crippen LogP contribution in [0.3, 0.4) is 0 Å². The highest BCUT2D eigenvalue weighted by molar-refractivity contribution is 7.89. The minimum Gasteiger partial charge on any atom is -0.490 e. The molecule has 0 aliphatic carbocycles. The van der Waals surface area contributed by atoms with Gasteiger partial charge in [0.2, 0.25) is 10.0 Å². The molecule has 260 valence electrons. The van der Waals surface area contributed by atoms with E-state index in [0.29, 0.717) is 30.2 Å². The van der Waals surface area contributed by atoms with E-state index in [1.54, 1.807) is 66.4 Å². The summed E-state index contributed by atoms with van der Waals surface area (Å²) in [6, 6.07) is 19.6. The minimum absolute atomic E-state index is 0.0770. The van der Waals surface area contributed by atoms with Crippen molar-refractivity contribution in [3.8, 4) is 5.75 Å². The maximum absolute atomic E-state index is 14.3. The number of sulfonamides is 1. The molecule has 4 rings (SSSR count). The van der Waals surface area contributed by atoms with Crippen molar-refractivity contribution in [1.82, 2.24) is 9.21 Å². The third-order valence-electron chi connectivity index (χ3n) is 8.51. The summed E-state index contributed by atoms with van der Waals surface area (Å²) in [7, 11) is -2.25. The first-order valence-electron chi connectivity index (χ1n) is 16.4. The highest BCUT2D eigenvalue weighted by atomic mass is 32.2. The fraction of sp³-hybridized carbons (Fsp3) is 0.444. The van der Waals surface area contributed by atoms with Gasteiger partial charge in [-0.2, -0.15) is 4.31 Å². The second-order valence-electron chi connectivity index (χ2n) is 12.6. The Bertz CT molecular complexity index is 1620. The van der Waals surface area contributed by atoms with Crippen LogP contribution in [0.5, 0.6) is 5.75 Å². The van der Waals surface area contributed by atoms with E-state index in [1.165, 1.54) is 11.4 Å². The van der Waals surface area contributed by atoms with Crippen molar-refractivity contribution in [2.45, 2.75) is 70.1 Å². The topological polar surface area (TPSA) is 138 Å². The summed E-state index contributed by atoms with van der Waals surface area (Å²) in [5.41, 5.74) is 2.21. The van der Waals surface area contributed by atoms with Crippen LogP contribution in [0.1, 0.15) is 56.0 Å². The summed E-state index contributed by atoms with van der Waals surface area (Å²) in [6.07, 6.45) is 1.49. The number of hydrogen-bond donors (Lipinski definition) is 3. The van der Waals surface area contributed by atoms with Gasteiger partial charge in [0, 0.05) is 44.0 Å². The molecule has 1 aliphatic heterocycles. The Morgan fingerprint density at radius 3 is 2.40 bits per heavy atom. The standard InChI is InChI=1S/C36H48N4O7S/c1-25-14-17-31(18-15-25)48(44,45)39(5)23-34-26(2)22-40(27(3)24-41)35(42)32-21-30(38-36(43)37-29-12-7-6-8-13-29)16-19-33(32)47-28(4)11-9-10-20-46-34/h6-8,12-19,21,26-28,34,41H,9-11,20,22-24H2,1-5H3,(H2,37,38,43)/t26-,27-,28+,34-/m0/s1. The van der Waals surface area contributed by atoms with Crippen LogP contribution in [0.15, 0.2) is 77.7 Å². The van der Waals surface area contributed by atoms with E-state index in [-0.39, 0.29) is 42.2 Å². The molecule has 0 spiro atoms. The number of carbonyl (C=O) groups is 2. The number of urea groups is 1. The number of anilines is 2. The summed E-state index contributed by atoms with van der Waals surface area (Å²) in [5, 5.41) is 15.8. The summed E-state index contributed by atoms with van der Waals surface area (Å²) < 4.78 is 40.8. The number of nitrogens with one attached hydrogen (secondary N) is 2. The average molecular weight is 681 g/mol. The van der Waals surface area contributed by atoms with E-state index in [2.05, 4.69) is 10.6 Å². The molecular formula is C36H48N4O7S. The summed E-state index contributed by atoms with van der Waals surface area (Å²) in [5.74, 6) is -0.338. The minimum atomic E-state index is -3.79. The third kappa shape index (κ3) is 9.79. The molecule has 3 aromatic rings. The van der Waals surface area contributed by atoms with Crippen molar-refractivity contribution in [1.29, 1.82) is 0 Å². The number of aliphatic hydroxyl groups is 1. The van der Waals surface area contributed by atoms with Crippen molar-refractivity contribution >= 4 is 33.3 Å². The van der Waals surface area contributed by atoms with Crippen LogP contribution in [0.25, 0.3) is 0 Å². The Morgan fingerprint density at radius 2 is 1.71 bits per heavy atom. The predicted octanol–water partition coefficient (Wildman–Crippen LogP) is 5.76. The fourth-order valence-electron chi connectivity index (χ4n) is 5.52. The number of rotatable bonds is 8. The Hall–Kier alpha value is -3.97. The lowest BCUT2D eigenvalue weighted by Gasteiger charge is -2.35. The molecule has 12 heteroatoms. The third-order valence-corrected chi connectivity index (χ3v) is 10.3. The first-order chi connectivity index (χ1) is 22.9. The van der Waals surface area contributed by atoms with Crippen LogP contribution in [-0.4, -0.2) is 86.3 Å². The summed E-state index contributed by atoms with van der Waals surface area (Å²) in [6.45, 7) is 7.87. The molecule has 4 atom stereocenters. The maximum atomic E-state index is 14.3. The number of hydrogen-bond acceptors (Lipinski definition) is 7. The van der Waals surface area contributed by atoms with Gasteiger partial charge in [-0.3, -0.25) is 4.79 Å². The molecule has 0 radical (unpaired) electrons. The highest BCUT2D eigenvalue weighted by Crippen LogP contribution is 2.29. The summed E-state index contributed by atoms with van der Waals surface area (Å²) >= 11 is 0. The molecular weight excluding hydrogens is 632 g/mol. The number of ether oxygens (including phenoxy) is 2. The second kappa shape index (κ2) is 16.9. The number of amides is 3. The molecule has 11 nitrogen and oxygen atoms in total. The zero-order valence-electron chi connectivity index (χ0n) is 28.4. The number of carbonyl (C=O) groups excluding carboxylic acids is 2. The predicted molar refractivity (Wildman–Crippen MR) is 187 cm³/mol. The number of aryl methyl sites for hydroxylation is 1. The zero-order valence-corrected chi connectivity index (χ0v) is 29.2. The summed E-state index contributed by atoms with van der Waals surface area (Å²) in [4.78, 5) is 28.9. The largest absolute Gasteiger partial charge is 0.490 e. The van der Waals surface area contributed by atoms with Crippen LogP contribution < -0.4 is 15.4 Å². The highest BCUT2D eigenvalue weighted by Gasteiger charge is 2.32. The van der Waals surface area contributed by atoms with Gasteiger partial charge < -0.3 is 30.1 Å². The van der Waals surface area contributed by atoms with Crippen LogP contribution in [0, 0.1) is 12.8 Å². The Balaban J connectivity index is 1.62. The molecule has 3 amide bonds. The fourth-order valence-corrected chi connectivity index (χ4v) is 6.70. The zero-order chi connectivity index (χ0) is 34.8. The van der Waals surface area contributed by atoms with Crippen LogP contribution in [0.2, 0.25) is 0 Å². The lowest BCUT2D eigenvalue weighted by atomic mass is 10.0. The molecule has 0 aromatic heterocycles. The van der Waals surface area contributed by atoms with Gasteiger partial charge in [0.25, 0.3) is 5.91 Å². The van der Waals surface area contributed by atoms with Crippen LogP contribution in [-0.2, 0) is 14.8 Å². The van der Waals surface area contributed by atoms with E-state index in [0.717, 1.165) is 18.4 Å².